The van der Waals surface area contributed by atoms with Crippen LogP contribution in [-0.2, 0) is 21.1 Å². The number of aromatic nitrogens is 3. The van der Waals surface area contributed by atoms with Crippen LogP contribution in [0.5, 0.6) is 0 Å². The second-order valence-electron chi connectivity index (χ2n) is 12.0. The minimum atomic E-state index is -0.844. The summed E-state index contributed by atoms with van der Waals surface area (Å²) in [6, 6.07) is 6.16. The maximum absolute atomic E-state index is 14.9. The third-order valence-electron chi connectivity index (χ3n) is 9.71. The van der Waals surface area contributed by atoms with Crippen LogP contribution in [0.15, 0.2) is 49.6 Å². The van der Waals surface area contributed by atoms with Gasteiger partial charge in [0.05, 0.1) is 34.7 Å². The molecule has 3 aliphatic heterocycles. The molecule has 8 atom stereocenters. The van der Waals surface area contributed by atoms with Crippen molar-refractivity contribution in [3.63, 3.8) is 0 Å². The molecule has 42 heavy (non-hydrogen) atoms. The molecule has 3 unspecified atom stereocenters. The molecule has 4 heterocycles. The van der Waals surface area contributed by atoms with Gasteiger partial charge in [-0.2, -0.15) is 0 Å². The first-order valence-corrected chi connectivity index (χ1v) is 15.7. The minimum Gasteiger partial charge on any atom is -0.394 e. The van der Waals surface area contributed by atoms with Crippen LogP contribution in [0.2, 0.25) is 0 Å². The van der Waals surface area contributed by atoms with Gasteiger partial charge in [-0.3, -0.25) is 14.4 Å². The Morgan fingerprint density at radius 3 is 2.62 bits per heavy atom. The quantitative estimate of drug-likeness (QED) is 0.376. The fourth-order valence-electron chi connectivity index (χ4n) is 7.46. The summed E-state index contributed by atoms with van der Waals surface area (Å²) in [7, 11) is 1.74. The lowest BCUT2D eigenvalue weighted by Gasteiger charge is -2.43. The number of aliphatic hydroxyl groups excluding tert-OH is 1. The number of carbonyl (C=O) groups is 3. The Bertz CT molecular complexity index is 1380. The van der Waals surface area contributed by atoms with Crippen LogP contribution in [0.4, 0.5) is 0 Å². The van der Waals surface area contributed by atoms with E-state index in [1.807, 2.05) is 38.1 Å². The van der Waals surface area contributed by atoms with Crippen molar-refractivity contribution in [3.8, 4) is 0 Å². The number of hydrogen-bond donors (Lipinski definition) is 1. The van der Waals surface area contributed by atoms with Gasteiger partial charge in [0.15, 0.2) is 0 Å². The third kappa shape index (κ3) is 4.56. The summed E-state index contributed by atoms with van der Waals surface area (Å²) >= 11 is 1.64. The van der Waals surface area contributed by atoms with Crippen molar-refractivity contribution in [1.82, 2.24) is 29.7 Å². The Balaban J connectivity index is 1.60. The van der Waals surface area contributed by atoms with Crippen molar-refractivity contribution in [1.29, 1.82) is 0 Å². The molecular formula is C31H42N6O4S. The van der Waals surface area contributed by atoms with Crippen molar-refractivity contribution in [2.24, 2.45) is 23.7 Å². The predicted octanol–water partition coefficient (Wildman–Crippen LogP) is 2.79. The molecule has 3 fully saturated rings. The standard InChI is InChI=1S/C31H42N6O4S/c1-7-14-34(6)28(39)25-24-16-20(5)31(42-24)26(25)29(40)37(23(17-38)19(4)9-3)27(31)30(41)35(15-8-2)18-36-22-13-11-10-12-21(22)32-33-36/h7-8,10-13,19-20,23-27,38H,1-2,9,14-18H2,3-6H3/t19-,20?,23-,24-,25+,26-,27?,31?/m0/s1. The summed E-state index contributed by atoms with van der Waals surface area (Å²) in [5.41, 5.74) is 1.52. The van der Waals surface area contributed by atoms with Crippen LogP contribution in [-0.4, -0.2) is 101 Å². The van der Waals surface area contributed by atoms with Gasteiger partial charge in [0, 0.05) is 25.4 Å². The van der Waals surface area contributed by atoms with E-state index in [2.05, 4.69) is 30.4 Å². The van der Waals surface area contributed by atoms with Crippen LogP contribution in [0.1, 0.15) is 33.6 Å². The van der Waals surface area contributed by atoms with Gasteiger partial charge in [0.25, 0.3) is 0 Å². The molecule has 2 aromatic rings. The second kappa shape index (κ2) is 11.8. The number of para-hydroxylation sites is 1. The molecule has 5 rings (SSSR count). The highest BCUT2D eigenvalue weighted by Crippen LogP contribution is 2.69. The molecule has 0 radical (unpaired) electrons. The van der Waals surface area contributed by atoms with Gasteiger partial charge >= 0.3 is 0 Å². The highest BCUT2D eigenvalue weighted by atomic mass is 32.2. The average molecular weight is 595 g/mol. The van der Waals surface area contributed by atoms with Gasteiger partial charge in [0.1, 0.15) is 18.2 Å². The number of thioether (sulfide) groups is 1. The Morgan fingerprint density at radius 1 is 1.24 bits per heavy atom. The molecule has 3 amide bonds. The topological polar surface area (TPSA) is 112 Å². The molecule has 10 nitrogen and oxygen atoms in total. The van der Waals surface area contributed by atoms with E-state index >= 15 is 0 Å². The molecule has 11 heteroatoms. The summed E-state index contributed by atoms with van der Waals surface area (Å²) in [4.78, 5) is 48.3. The van der Waals surface area contributed by atoms with E-state index in [1.165, 1.54) is 0 Å². The van der Waals surface area contributed by atoms with Crippen molar-refractivity contribution >= 4 is 40.5 Å². The van der Waals surface area contributed by atoms with E-state index in [-0.39, 0.29) is 54.6 Å². The number of rotatable bonds is 12. The molecule has 226 valence electrons. The molecule has 1 N–H and O–H groups in total. The Hall–Kier alpha value is -3.18. The lowest BCUT2D eigenvalue weighted by atomic mass is 9.65. The zero-order valence-corrected chi connectivity index (χ0v) is 25.7. The van der Waals surface area contributed by atoms with Crippen molar-refractivity contribution in [2.45, 2.75) is 62.4 Å². The summed E-state index contributed by atoms with van der Waals surface area (Å²) < 4.78 is 0.892. The number of amides is 3. The van der Waals surface area contributed by atoms with Crippen molar-refractivity contribution in [3.05, 3.63) is 49.6 Å². The normalized spacial score (nSPS) is 29.4. The van der Waals surface area contributed by atoms with E-state index in [9.17, 15) is 19.5 Å². The summed E-state index contributed by atoms with van der Waals surface area (Å²) in [5.74, 6) is -1.74. The maximum atomic E-state index is 14.9. The largest absolute Gasteiger partial charge is 0.394 e. The van der Waals surface area contributed by atoms with E-state index in [0.717, 1.165) is 23.9 Å². The van der Waals surface area contributed by atoms with Crippen molar-refractivity contribution in [2.75, 3.05) is 26.7 Å². The Labute approximate surface area is 251 Å². The van der Waals surface area contributed by atoms with Crippen molar-refractivity contribution < 1.29 is 19.5 Å². The van der Waals surface area contributed by atoms with Crippen LogP contribution < -0.4 is 0 Å². The highest BCUT2D eigenvalue weighted by Gasteiger charge is 2.77. The van der Waals surface area contributed by atoms with Gasteiger partial charge in [-0.1, -0.05) is 56.7 Å². The molecule has 2 bridgehead atoms. The average Bonchev–Trinajstić information content (AvgIpc) is 3.70. The first-order chi connectivity index (χ1) is 20.2. The zero-order chi connectivity index (χ0) is 30.3. The number of aliphatic hydroxyl groups is 1. The molecule has 1 aromatic heterocycles. The number of fused-ring (bicyclic) bond motifs is 2. The number of carbonyl (C=O) groups excluding carboxylic acids is 3. The first-order valence-electron chi connectivity index (χ1n) is 14.8. The number of hydrogen-bond acceptors (Lipinski definition) is 7. The van der Waals surface area contributed by atoms with E-state index < -0.39 is 28.7 Å². The molecule has 1 aromatic carbocycles. The molecule has 1 spiro atoms. The second-order valence-corrected chi connectivity index (χ2v) is 13.6. The van der Waals surface area contributed by atoms with Crippen LogP contribution in [0.3, 0.4) is 0 Å². The SMILES string of the molecule is C=CCN(C)C(=O)[C@@H]1[C@@H]2CC(C)C3(S2)C(C(=O)N(CC=C)Cn2nnc4ccccc42)N([C@@H](CO)[C@@H](C)CC)C(=O)[C@H]13. The smallest absolute Gasteiger partial charge is 0.248 e. The number of likely N-dealkylation sites (tertiary alicyclic amines) is 1. The highest BCUT2D eigenvalue weighted by molar-refractivity contribution is 8.02. The number of nitrogens with zero attached hydrogens (tertiary/aromatic N) is 6. The first kappa shape index (κ1) is 30.3. The van der Waals surface area contributed by atoms with E-state index in [1.54, 1.807) is 50.3 Å². The monoisotopic (exact) mass is 594 g/mol. The summed E-state index contributed by atoms with van der Waals surface area (Å²) in [6.45, 7) is 14.3. The molecular weight excluding hydrogens is 552 g/mol. The van der Waals surface area contributed by atoms with Gasteiger partial charge in [0.2, 0.25) is 17.7 Å². The number of likely N-dealkylation sites (N-methyl/N-ethyl adjacent to an activating group) is 1. The third-order valence-corrected chi connectivity index (χ3v) is 11.8. The Morgan fingerprint density at radius 2 is 1.95 bits per heavy atom. The molecule has 0 saturated carbocycles. The van der Waals surface area contributed by atoms with E-state index in [0.29, 0.717) is 6.54 Å². The van der Waals surface area contributed by atoms with Crippen LogP contribution >= 0.6 is 11.8 Å². The van der Waals surface area contributed by atoms with Gasteiger partial charge in [-0.15, -0.1) is 30.0 Å². The fourth-order valence-corrected chi connectivity index (χ4v) is 9.86. The minimum absolute atomic E-state index is 0.0169. The molecule has 3 aliphatic rings. The lowest BCUT2D eigenvalue weighted by Crippen LogP contribution is -2.60. The molecule has 3 saturated heterocycles. The summed E-state index contributed by atoms with van der Waals surface area (Å²) in [5, 5.41) is 19.2. The fraction of sp³-hybridized carbons (Fsp3) is 0.581. The molecule has 0 aliphatic carbocycles. The summed E-state index contributed by atoms with van der Waals surface area (Å²) in [6.07, 6.45) is 4.82. The van der Waals surface area contributed by atoms with Gasteiger partial charge < -0.3 is 19.8 Å². The maximum Gasteiger partial charge on any atom is 0.248 e. The zero-order valence-electron chi connectivity index (χ0n) is 24.9. The Kier molecular flexibility index (Phi) is 8.53. The predicted molar refractivity (Wildman–Crippen MR) is 163 cm³/mol. The van der Waals surface area contributed by atoms with Crippen LogP contribution in [0.25, 0.3) is 11.0 Å². The lowest BCUT2D eigenvalue weighted by molar-refractivity contribution is -0.148. The number of benzene rings is 1. The van der Waals surface area contributed by atoms with Gasteiger partial charge in [-0.05, 0) is 30.4 Å². The van der Waals surface area contributed by atoms with Gasteiger partial charge in [-0.25, -0.2) is 4.68 Å². The van der Waals surface area contributed by atoms with E-state index in [4.69, 9.17) is 0 Å². The van der Waals surface area contributed by atoms with Crippen LogP contribution in [0, 0.1) is 23.7 Å².